The number of benzene rings is 1. The predicted octanol–water partition coefficient (Wildman–Crippen LogP) is 2.43. The van der Waals surface area contributed by atoms with Crippen molar-refractivity contribution in [3.05, 3.63) is 61.2 Å². The highest BCUT2D eigenvalue weighted by atomic mass is 32.2. The van der Waals surface area contributed by atoms with Gasteiger partial charge >= 0.3 is 0 Å². The second kappa shape index (κ2) is 5.67. The van der Waals surface area contributed by atoms with E-state index in [1.807, 2.05) is 6.07 Å². The molecule has 0 aliphatic carbocycles. The summed E-state index contributed by atoms with van der Waals surface area (Å²) in [5.41, 5.74) is 8.00. The van der Waals surface area contributed by atoms with Gasteiger partial charge < -0.3 is 10.7 Å². The number of aromatic amines is 1. The van der Waals surface area contributed by atoms with Crippen molar-refractivity contribution in [3.63, 3.8) is 0 Å². The van der Waals surface area contributed by atoms with Gasteiger partial charge in [0, 0.05) is 18.0 Å². The molecule has 0 unspecified atom stereocenters. The standard InChI is InChI=1S/C17H13N5O2S/c18-17-16(25(23,24)12-6-2-1-3-7-12)15-14(22-17)13(20-10-21-15)11-5-4-8-19-9-11/h1-10,22H,18H2. The zero-order chi connectivity index (χ0) is 17.4. The fraction of sp³-hybridized carbons (Fsp3) is 0. The van der Waals surface area contributed by atoms with Crippen LogP contribution >= 0.6 is 0 Å². The second-order valence-electron chi connectivity index (χ2n) is 5.37. The number of nitrogen functional groups attached to an aromatic ring is 1. The molecule has 8 heteroatoms. The highest BCUT2D eigenvalue weighted by molar-refractivity contribution is 7.92. The highest BCUT2D eigenvalue weighted by Gasteiger charge is 2.27. The summed E-state index contributed by atoms with van der Waals surface area (Å²) in [6.07, 6.45) is 4.61. The zero-order valence-electron chi connectivity index (χ0n) is 12.9. The molecule has 3 aromatic heterocycles. The summed E-state index contributed by atoms with van der Waals surface area (Å²) in [6, 6.07) is 11.7. The summed E-state index contributed by atoms with van der Waals surface area (Å²) in [5, 5.41) is 0. The van der Waals surface area contributed by atoms with Gasteiger partial charge in [-0.05, 0) is 24.3 Å². The summed E-state index contributed by atoms with van der Waals surface area (Å²) >= 11 is 0. The van der Waals surface area contributed by atoms with E-state index in [9.17, 15) is 8.42 Å². The van der Waals surface area contributed by atoms with Crippen LogP contribution in [0.2, 0.25) is 0 Å². The van der Waals surface area contributed by atoms with Gasteiger partial charge in [0.2, 0.25) is 9.84 Å². The van der Waals surface area contributed by atoms with Crippen LogP contribution in [0.4, 0.5) is 5.82 Å². The third-order valence-electron chi connectivity index (χ3n) is 3.82. The zero-order valence-corrected chi connectivity index (χ0v) is 13.7. The number of fused-ring (bicyclic) bond motifs is 1. The molecule has 0 fully saturated rings. The lowest BCUT2D eigenvalue weighted by Crippen LogP contribution is -2.04. The van der Waals surface area contributed by atoms with Crippen LogP contribution in [0.25, 0.3) is 22.3 Å². The Morgan fingerprint density at radius 2 is 1.80 bits per heavy atom. The van der Waals surface area contributed by atoms with Crippen LogP contribution in [0.5, 0.6) is 0 Å². The lowest BCUT2D eigenvalue weighted by molar-refractivity contribution is 0.597. The van der Waals surface area contributed by atoms with Crippen molar-refractivity contribution in [1.29, 1.82) is 0 Å². The Labute approximate surface area is 143 Å². The molecule has 7 nitrogen and oxygen atoms in total. The normalized spacial score (nSPS) is 11.7. The molecule has 4 rings (SSSR count). The van der Waals surface area contributed by atoms with E-state index in [-0.39, 0.29) is 21.1 Å². The van der Waals surface area contributed by atoms with Crippen LogP contribution in [0.3, 0.4) is 0 Å². The molecule has 25 heavy (non-hydrogen) atoms. The van der Waals surface area contributed by atoms with Gasteiger partial charge in [-0.3, -0.25) is 4.98 Å². The number of pyridine rings is 1. The number of sulfone groups is 1. The van der Waals surface area contributed by atoms with Crippen LogP contribution in [0, 0.1) is 0 Å². The Balaban J connectivity index is 2.00. The Bertz CT molecular complexity index is 1160. The molecule has 0 saturated carbocycles. The van der Waals surface area contributed by atoms with E-state index in [1.165, 1.54) is 18.5 Å². The Kier molecular flexibility index (Phi) is 3.47. The number of nitrogens with one attached hydrogen (secondary N) is 1. The van der Waals surface area contributed by atoms with Crippen LogP contribution < -0.4 is 5.73 Å². The second-order valence-corrected chi connectivity index (χ2v) is 7.26. The van der Waals surface area contributed by atoms with E-state index >= 15 is 0 Å². The van der Waals surface area contributed by atoms with Crippen molar-refractivity contribution in [2.45, 2.75) is 9.79 Å². The number of hydrogen-bond acceptors (Lipinski definition) is 6. The number of H-pyrrole nitrogens is 1. The summed E-state index contributed by atoms with van der Waals surface area (Å²) < 4.78 is 26.0. The molecule has 0 atom stereocenters. The molecule has 1 aromatic carbocycles. The topological polar surface area (TPSA) is 115 Å². The van der Waals surface area contributed by atoms with Gasteiger partial charge in [-0.2, -0.15) is 0 Å². The molecule has 0 radical (unpaired) electrons. The molecule has 0 aliphatic rings. The number of rotatable bonds is 3. The van der Waals surface area contributed by atoms with Gasteiger partial charge in [-0.1, -0.05) is 18.2 Å². The Morgan fingerprint density at radius 3 is 2.52 bits per heavy atom. The van der Waals surface area contributed by atoms with Gasteiger partial charge in [0.05, 0.1) is 16.1 Å². The smallest absolute Gasteiger partial charge is 0.212 e. The number of anilines is 1. The van der Waals surface area contributed by atoms with Crippen molar-refractivity contribution in [2.24, 2.45) is 0 Å². The first-order valence-corrected chi connectivity index (χ1v) is 8.90. The van der Waals surface area contributed by atoms with E-state index < -0.39 is 9.84 Å². The molecule has 0 aliphatic heterocycles. The molecule has 4 aromatic rings. The van der Waals surface area contributed by atoms with E-state index in [4.69, 9.17) is 5.73 Å². The predicted molar refractivity (Wildman–Crippen MR) is 93.4 cm³/mol. The van der Waals surface area contributed by atoms with Gasteiger partial charge in [-0.25, -0.2) is 18.4 Å². The van der Waals surface area contributed by atoms with Gasteiger partial charge in [0.15, 0.2) is 0 Å². The first-order chi connectivity index (χ1) is 12.1. The third kappa shape index (κ3) is 2.43. The molecule has 0 spiro atoms. The summed E-state index contributed by atoms with van der Waals surface area (Å²) in [7, 11) is -3.81. The van der Waals surface area contributed by atoms with Crippen LogP contribution in [-0.2, 0) is 9.84 Å². The van der Waals surface area contributed by atoms with Crippen LogP contribution in [-0.4, -0.2) is 28.4 Å². The fourth-order valence-corrected chi connectivity index (χ4v) is 4.21. The van der Waals surface area contributed by atoms with Gasteiger partial charge in [-0.15, -0.1) is 0 Å². The minimum absolute atomic E-state index is 0.0319. The van der Waals surface area contributed by atoms with Crippen LogP contribution in [0.15, 0.2) is 71.0 Å². The average molecular weight is 351 g/mol. The monoisotopic (exact) mass is 351 g/mol. The largest absolute Gasteiger partial charge is 0.384 e. The lowest BCUT2D eigenvalue weighted by Gasteiger charge is -2.04. The summed E-state index contributed by atoms with van der Waals surface area (Å²) in [4.78, 5) is 15.5. The van der Waals surface area contributed by atoms with Crippen molar-refractivity contribution in [3.8, 4) is 11.3 Å². The molecule has 0 bridgehead atoms. The van der Waals surface area contributed by atoms with E-state index in [1.54, 1.807) is 36.7 Å². The molecule has 3 heterocycles. The van der Waals surface area contributed by atoms with E-state index in [2.05, 4.69) is 19.9 Å². The van der Waals surface area contributed by atoms with Gasteiger partial charge in [0.25, 0.3) is 0 Å². The summed E-state index contributed by atoms with van der Waals surface area (Å²) in [6.45, 7) is 0. The van der Waals surface area contributed by atoms with E-state index in [0.717, 1.165) is 5.56 Å². The van der Waals surface area contributed by atoms with Crippen molar-refractivity contribution in [2.75, 3.05) is 5.73 Å². The average Bonchev–Trinajstić information content (AvgIpc) is 2.99. The molecule has 124 valence electrons. The number of nitrogens with zero attached hydrogens (tertiary/aromatic N) is 3. The fourth-order valence-electron chi connectivity index (χ4n) is 2.71. The lowest BCUT2D eigenvalue weighted by atomic mass is 10.2. The molecular formula is C17H13N5O2S. The first-order valence-electron chi connectivity index (χ1n) is 7.41. The number of nitrogens with two attached hydrogens (primary N) is 1. The molecular weight excluding hydrogens is 338 g/mol. The molecule has 3 N–H and O–H groups in total. The third-order valence-corrected chi connectivity index (χ3v) is 5.67. The SMILES string of the molecule is Nc1[nH]c2c(-c3cccnc3)ncnc2c1S(=O)(=O)c1ccccc1. The Hall–Kier alpha value is -3.26. The molecule has 0 amide bonds. The maximum absolute atomic E-state index is 13.0. The first kappa shape index (κ1) is 15.3. The van der Waals surface area contributed by atoms with Crippen LogP contribution in [0.1, 0.15) is 0 Å². The maximum atomic E-state index is 13.0. The van der Waals surface area contributed by atoms with Crippen molar-refractivity contribution < 1.29 is 8.42 Å². The Morgan fingerprint density at radius 1 is 1.00 bits per heavy atom. The van der Waals surface area contributed by atoms with E-state index in [0.29, 0.717) is 11.2 Å². The quantitative estimate of drug-likeness (QED) is 0.586. The van der Waals surface area contributed by atoms with Crippen molar-refractivity contribution in [1.82, 2.24) is 19.9 Å². The summed E-state index contributed by atoms with van der Waals surface area (Å²) in [5.74, 6) is 0.0319. The maximum Gasteiger partial charge on any atom is 0.212 e. The number of aromatic nitrogens is 4. The minimum Gasteiger partial charge on any atom is -0.384 e. The van der Waals surface area contributed by atoms with Crippen molar-refractivity contribution >= 4 is 26.7 Å². The highest BCUT2D eigenvalue weighted by Crippen LogP contribution is 2.35. The number of hydrogen-bond donors (Lipinski definition) is 2. The van der Waals surface area contributed by atoms with Gasteiger partial charge in [0.1, 0.15) is 22.6 Å². The minimum atomic E-state index is -3.81. The molecule has 0 saturated heterocycles.